The number of hydrogen-bond donors (Lipinski definition) is 0. The van der Waals surface area contributed by atoms with E-state index in [9.17, 15) is 9.59 Å². The molecule has 172 valence electrons. The maximum atomic E-state index is 13.4. The molecule has 2 aromatic rings. The number of carbonyl (C=O) groups excluding carboxylic acids is 2. The summed E-state index contributed by atoms with van der Waals surface area (Å²) in [7, 11) is 0. The second-order valence-corrected chi connectivity index (χ2v) is 8.25. The molecule has 4 rings (SSSR count). The second-order valence-electron chi connectivity index (χ2n) is 8.25. The summed E-state index contributed by atoms with van der Waals surface area (Å²) >= 11 is 0. The van der Waals surface area contributed by atoms with Crippen LogP contribution in [0.1, 0.15) is 49.2 Å². The zero-order chi connectivity index (χ0) is 22.5. The van der Waals surface area contributed by atoms with E-state index < -0.39 is 0 Å². The first kappa shape index (κ1) is 22.2. The van der Waals surface area contributed by atoms with E-state index in [1.165, 1.54) is 0 Å². The third-order valence-corrected chi connectivity index (χ3v) is 6.04. The number of nitrogens with zero attached hydrogens (tertiary/aromatic N) is 2. The number of amides is 2. The van der Waals surface area contributed by atoms with Gasteiger partial charge in [-0.2, -0.15) is 0 Å². The predicted molar refractivity (Wildman–Crippen MR) is 116 cm³/mol. The molecular weight excluding hydrogens is 412 g/mol. The van der Waals surface area contributed by atoms with Gasteiger partial charge in [-0.15, -0.1) is 0 Å². The number of benzene rings is 1. The van der Waals surface area contributed by atoms with Crippen LogP contribution in [0.25, 0.3) is 0 Å². The minimum absolute atomic E-state index is 0.00974. The van der Waals surface area contributed by atoms with E-state index in [0.717, 1.165) is 25.9 Å². The predicted octanol–water partition coefficient (Wildman–Crippen LogP) is 3.46. The monoisotopic (exact) mass is 442 g/mol. The molecule has 0 unspecified atom stereocenters. The third kappa shape index (κ3) is 5.07. The molecule has 2 amide bonds. The molecule has 8 nitrogen and oxygen atoms in total. The molecular formula is C24H30N2O6. The van der Waals surface area contributed by atoms with Gasteiger partial charge in [0.1, 0.15) is 12.3 Å². The fraction of sp³-hybridized carbons (Fsp3) is 0.500. The van der Waals surface area contributed by atoms with E-state index in [1.54, 1.807) is 40.3 Å². The Morgan fingerprint density at radius 2 is 2.03 bits per heavy atom. The molecule has 1 fully saturated rings. The second kappa shape index (κ2) is 10.1. The fourth-order valence-corrected chi connectivity index (χ4v) is 3.97. The Morgan fingerprint density at radius 3 is 2.75 bits per heavy atom. The Bertz CT molecular complexity index is 923. The third-order valence-electron chi connectivity index (χ3n) is 6.04. The highest BCUT2D eigenvalue weighted by atomic mass is 16.7. The minimum atomic E-state index is -0.207. The lowest BCUT2D eigenvalue weighted by atomic mass is 10.1. The highest BCUT2D eigenvalue weighted by Crippen LogP contribution is 2.33. The van der Waals surface area contributed by atoms with E-state index in [4.69, 9.17) is 18.6 Å². The number of carbonyl (C=O) groups is 2. The molecule has 1 saturated heterocycles. The molecule has 32 heavy (non-hydrogen) atoms. The Labute approximate surface area is 188 Å². The van der Waals surface area contributed by atoms with Crippen LogP contribution in [-0.2, 0) is 16.1 Å². The molecule has 0 bridgehead atoms. The average Bonchev–Trinajstić information content (AvgIpc) is 3.58. The van der Waals surface area contributed by atoms with Crippen LogP contribution in [0.4, 0.5) is 0 Å². The molecule has 1 aromatic heterocycles. The van der Waals surface area contributed by atoms with Crippen LogP contribution >= 0.6 is 0 Å². The molecule has 2 aliphatic rings. The maximum Gasteiger partial charge on any atom is 0.254 e. The van der Waals surface area contributed by atoms with Crippen molar-refractivity contribution < 1.29 is 28.2 Å². The van der Waals surface area contributed by atoms with E-state index >= 15 is 0 Å². The lowest BCUT2D eigenvalue weighted by Crippen LogP contribution is -2.47. The van der Waals surface area contributed by atoms with Crippen LogP contribution in [-0.4, -0.2) is 60.2 Å². The van der Waals surface area contributed by atoms with Crippen molar-refractivity contribution in [1.82, 2.24) is 9.80 Å². The van der Waals surface area contributed by atoms with E-state index in [2.05, 4.69) is 0 Å². The van der Waals surface area contributed by atoms with E-state index in [0.29, 0.717) is 35.9 Å². The van der Waals surface area contributed by atoms with Gasteiger partial charge in [-0.1, -0.05) is 6.92 Å². The van der Waals surface area contributed by atoms with Gasteiger partial charge in [0.25, 0.3) is 5.91 Å². The van der Waals surface area contributed by atoms with Crippen LogP contribution in [0, 0.1) is 0 Å². The van der Waals surface area contributed by atoms with Crippen LogP contribution in [0.2, 0.25) is 0 Å². The van der Waals surface area contributed by atoms with Gasteiger partial charge >= 0.3 is 0 Å². The summed E-state index contributed by atoms with van der Waals surface area (Å²) in [5.74, 6) is 1.53. The maximum absolute atomic E-state index is 13.4. The van der Waals surface area contributed by atoms with Crippen LogP contribution in [0.5, 0.6) is 11.5 Å². The molecule has 3 heterocycles. The highest BCUT2D eigenvalue weighted by Gasteiger charge is 2.29. The first-order chi connectivity index (χ1) is 15.5. The summed E-state index contributed by atoms with van der Waals surface area (Å²) < 4.78 is 22.0. The van der Waals surface area contributed by atoms with Gasteiger partial charge in [0.05, 0.1) is 18.9 Å². The quantitative estimate of drug-likeness (QED) is 0.592. The Morgan fingerprint density at radius 1 is 1.19 bits per heavy atom. The first-order valence-corrected chi connectivity index (χ1v) is 11.2. The zero-order valence-electron chi connectivity index (χ0n) is 18.6. The van der Waals surface area contributed by atoms with Crippen LogP contribution < -0.4 is 9.47 Å². The number of fused-ring (bicyclic) bond motifs is 1. The van der Waals surface area contributed by atoms with Gasteiger partial charge < -0.3 is 28.4 Å². The van der Waals surface area contributed by atoms with Gasteiger partial charge in [-0.3, -0.25) is 9.59 Å². The van der Waals surface area contributed by atoms with E-state index in [1.807, 2.05) is 19.9 Å². The molecule has 2 atom stereocenters. The number of ether oxygens (including phenoxy) is 3. The van der Waals surface area contributed by atoms with Gasteiger partial charge in [0.2, 0.25) is 12.7 Å². The standard InChI is InChI=1S/C24H30N2O6/c1-3-17(2)26(24(28)18-8-9-21-22(12-18)32-16-31-21)15-23(27)25(13-19-6-4-10-29-19)14-20-7-5-11-30-20/h4,6,8-10,12,17,20H,3,5,7,11,13-16H2,1-2H3/t17-,20+/m0/s1. The number of rotatable bonds is 9. The van der Waals surface area contributed by atoms with Crippen molar-refractivity contribution in [1.29, 1.82) is 0 Å². The fourth-order valence-electron chi connectivity index (χ4n) is 3.97. The summed E-state index contributed by atoms with van der Waals surface area (Å²) in [5, 5.41) is 0. The molecule has 0 radical (unpaired) electrons. The number of hydrogen-bond acceptors (Lipinski definition) is 6. The molecule has 0 saturated carbocycles. The topological polar surface area (TPSA) is 81.5 Å². The van der Waals surface area contributed by atoms with Crippen molar-refractivity contribution in [3.8, 4) is 11.5 Å². The summed E-state index contributed by atoms with van der Waals surface area (Å²) in [5.41, 5.74) is 0.471. The first-order valence-electron chi connectivity index (χ1n) is 11.2. The molecule has 2 aliphatic heterocycles. The van der Waals surface area contributed by atoms with Gasteiger partial charge in [0.15, 0.2) is 11.5 Å². The van der Waals surface area contributed by atoms with Crippen molar-refractivity contribution >= 4 is 11.8 Å². The molecule has 1 aromatic carbocycles. The Balaban J connectivity index is 1.51. The van der Waals surface area contributed by atoms with Crippen molar-refractivity contribution in [3.05, 3.63) is 47.9 Å². The van der Waals surface area contributed by atoms with Crippen LogP contribution in [0.3, 0.4) is 0 Å². The summed E-state index contributed by atoms with van der Waals surface area (Å²) in [6, 6.07) is 8.66. The van der Waals surface area contributed by atoms with E-state index in [-0.39, 0.29) is 37.3 Å². The summed E-state index contributed by atoms with van der Waals surface area (Å²) in [6.45, 7) is 5.62. The van der Waals surface area contributed by atoms with Crippen molar-refractivity contribution in [3.63, 3.8) is 0 Å². The normalized spacial score (nSPS) is 17.9. The highest BCUT2D eigenvalue weighted by molar-refractivity contribution is 5.97. The molecule has 8 heteroatoms. The summed E-state index contributed by atoms with van der Waals surface area (Å²) in [6.07, 6.45) is 4.25. The Hall–Kier alpha value is -3.00. The van der Waals surface area contributed by atoms with Gasteiger partial charge in [-0.25, -0.2) is 0 Å². The molecule has 0 spiro atoms. The lowest BCUT2D eigenvalue weighted by Gasteiger charge is -2.32. The number of furan rings is 1. The average molecular weight is 443 g/mol. The largest absolute Gasteiger partial charge is 0.467 e. The summed E-state index contributed by atoms with van der Waals surface area (Å²) in [4.78, 5) is 30.1. The zero-order valence-corrected chi connectivity index (χ0v) is 18.6. The SMILES string of the molecule is CC[C@H](C)N(CC(=O)N(Cc1ccco1)C[C@H]1CCCO1)C(=O)c1ccc2c(c1)OCO2. The van der Waals surface area contributed by atoms with Crippen molar-refractivity contribution in [2.45, 2.75) is 51.8 Å². The van der Waals surface area contributed by atoms with Crippen LogP contribution in [0.15, 0.2) is 41.0 Å². The smallest absolute Gasteiger partial charge is 0.254 e. The van der Waals surface area contributed by atoms with Crippen molar-refractivity contribution in [2.75, 3.05) is 26.5 Å². The molecule has 0 aliphatic carbocycles. The van der Waals surface area contributed by atoms with Gasteiger partial charge in [0, 0.05) is 24.8 Å². The lowest BCUT2D eigenvalue weighted by molar-refractivity contribution is -0.134. The molecule has 0 N–H and O–H groups in total. The minimum Gasteiger partial charge on any atom is -0.467 e. The van der Waals surface area contributed by atoms with Crippen molar-refractivity contribution in [2.24, 2.45) is 0 Å². The Kier molecular flexibility index (Phi) is 6.99. The van der Waals surface area contributed by atoms with Gasteiger partial charge in [-0.05, 0) is 56.5 Å².